The molecule has 0 aliphatic carbocycles. The number of carbonyl (C=O) groups is 2. The Morgan fingerprint density at radius 1 is 1.23 bits per heavy atom. The molecule has 0 radical (unpaired) electrons. The van der Waals surface area contributed by atoms with E-state index in [1.807, 2.05) is 0 Å². The van der Waals surface area contributed by atoms with Gasteiger partial charge in [0.25, 0.3) is 0 Å². The predicted molar refractivity (Wildman–Crippen MR) is 93.6 cm³/mol. The van der Waals surface area contributed by atoms with E-state index in [-0.39, 0.29) is 17.9 Å². The van der Waals surface area contributed by atoms with Gasteiger partial charge in [0.15, 0.2) is 12.0 Å². The zero-order valence-electron chi connectivity index (χ0n) is 14.3. The molecule has 1 heterocycles. The third-order valence-electron chi connectivity index (χ3n) is 3.81. The van der Waals surface area contributed by atoms with E-state index in [2.05, 4.69) is 0 Å². The van der Waals surface area contributed by atoms with Gasteiger partial charge < -0.3 is 13.9 Å². The van der Waals surface area contributed by atoms with Crippen molar-refractivity contribution >= 4 is 23.2 Å². The molecule has 0 aliphatic rings. The fourth-order valence-electron chi connectivity index (χ4n) is 2.53. The van der Waals surface area contributed by atoms with Crippen molar-refractivity contribution in [3.63, 3.8) is 0 Å². The molecule has 1 atom stereocenters. The van der Waals surface area contributed by atoms with E-state index >= 15 is 0 Å². The molecule has 2 aromatic carbocycles. The van der Waals surface area contributed by atoms with Crippen LogP contribution in [0.4, 0.5) is 4.39 Å². The molecule has 5 nitrogen and oxygen atoms in total. The van der Waals surface area contributed by atoms with Crippen LogP contribution < -0.4 is 4.74 Å². The Hall–Kier alpha value is -3.15. The Morgan fingerprint density at radius 2 is 1.96 bits per heavy atom. The molecule has 26 heavy (non-hydrogen) atoms. The van der Waals surface area contributed by atoms with Crippen molar-refractivity contribution in [1.29, 1.82) is 0 Å². The smallest absolute Gasteiger partial charge is 0.338 e. The van der Waals surface area contributed by atoms with Gasteiger partial charge in [-0.15, -0.1) is 0 Å². The summed E-state index contributed by atoms with van der Waals surface area (Å²) in [6.45, 7) is 3.39. The fraction of sp³-hybridized carbons (Fsp3) is 0.200. The first-order chi connectivity index (χ1) is 12.5. The first-order valence-electron chi connectivity index (χ1n) is 8.13. The largest absolute Gasteiger partial charge is 0.462 e. The minimum Gasteiger partial charge on any atom is -0.462 e. The first kappa shape index (κ1) is 17.7. The molecular weight excluding hydrogens is 339 g/mol. The van der Waals surface area contributed by atoms with E-state index in [1.165, 1.54) is 25.1 Å². The maximum atomic E-state index is 13.3. The lowest BCUT2D eigenvalue weighted by Crippen LogP contribution is -2.04. The Balaban J connectivity index is 2.02. The number of carbonyl (C=O) groups excluding carboxylic acids is 2. The number of hydrogen-bond donors (Lipinski definition) is 0. The molecule has 0 bridgehead atoms. The van der Waals surface area contributed by atoms with Gasteiger partial charge in [-0.1, -0.05) is 12.1 Å². The zero-order chi connectivity index (χ0) is 18.7. The SMILES string of the molecule is CCOC(=O)c1cc(Oc2ccc(C(C)F)cc2)c2cc(C=O)oc2c1. The molecule has 0 N–H and O–H groups in total. The normalized spacial score (nSPS) is 12.0. The van der Waals surface area contributed by atoms with Crippen LogP contribution in [-0.2, 0) is 4.74 Å². The summed E-state index contributed by atoms with van der Waals surface area (Å²) in [5.41, 5.74) is 1.12. The van der Waals surface area contributed by atoms with Gasteiger partial charge in [-0.2, -0.15) is 0 Å². The third kappa shape index (κ3) is 3.59. The lowest BCUT2D eigenvalue weighted by molar-refractivity contribution is 0.0526. The average Bonchev–Trinajstić information content (AvgIpc) is 3.06. The summed E-state index contributed by atoms with van der Waals surface area (Å²) in [5.74, 6) is 0.395. The first-order valence-corrected chi connectivity index (χ1v) is 8.13. The third-order valence-corrected chi connectivity index (χ3v) is 3.81. The minimum absolute atomic E-state index is 0.118. The van der Waals surface area contributed by atoms with E-state index in [0.29, 0.717) is 34.3 Å². The van der Waals surface area contributed by atoms with Gasteiger partial charge in [-0.3, -0.25) is 4.79 Å². The minimum atomic E-state index is -1.08. The van der Waals surface area contributed by atoms with Gasteiger partial charge in [0, 0.05) is 0 Å². The summed E-state index contributed by atoms with van der Waals surface area (Å²) in [6, 6.07) is 11.1. The number of fused-ring (bicyclic) bond motifs is 1. The lowest BCUT2D eigenvalue weighted by atomic mass is 10.1. The van der Waals surface area contributed by atoms with E-state index in [1.54, 1.807) is 31.2 Å². The summed E-state index contributed by atoms with van der Waals surface area (Å²) in [6.07, 6.45) is -0.502. The average molecular weight is 356 g/mol. The summed E-state index contributed by atoms with van der Waals surface area (Å²) >= 11 is 0. The molecule has 3 rings (SSSR count). The highest BCUT2D eigenvalue weighted by Gasteiger charge is 2.16. The highest BCUT2D eigenvalue weighted by atomic mass is 19.1. The fourth-order valence-corrected chi connectivity index (χ4v) is 2.53. The maximum Gasteiger partial charge on any atom is 0.338 e. The number of alkyl halides is 1. The van der Waals surface area contributed by atoms with Crippen LogP contribution in [0.15, 0.2) is 46.9 Å². The van der Waals surface area contributed by atoms with Gasteiger partial charge in [-0.05, 0) is 49.7 Å². The van der Waals surface area contributed by atoms with E-state index in [0.717, 1.165) is 0 Å². The number of furan rings is 1. The number of ether oxygens (including phenoxy) is 2. The molecule has 1 aromatic heterocycles. The van der Waals surface area contributed by atoms with Crippen molar-refractivity contribution in [3.05, 3.63) is 59.4 Å². The Bertz CT molecular complexity index is 941. The van der Waals surface area contributed by atoms with Crippen LogP contribution in [0.2, 0.25) is 0 Å². The highest BCUT2D eigenvalue weighted by Crippen LogP contribution is 2.34. The maximum absolute atomic E-state index is 13.3. The number of esters is 1. The highest BCUT2D eigenvalue weighted by molar-refractivity contribution is 5.98. The van der Waals surface area contributed by atoms with E-state index in [4.69, 9.17) is 13.9 Å². The monoisotopic (exact) mass is 356 g/mol. The van der Waals surface area contributed by atoms with Crippen LogP contribution >= 0.6 is 0 Å². The number of halogens is 1. The number of hydrogen-bond acceptors (Lipinski definition) is 5. The molecule has 134 valence electrons. The van der Waals surface area contributed by atoms with Crippen LogP contribution in [0.5, 0.6) is 11.5 Å². The quantitative estimate of drug-likeness (QED) is 0.446. The topological polar surface area (TPSA) is 65.7 Å². The molecule has 0 aliphatic heterocycles. The van der Waals surface area contributed by atoms with Gasteiger partial charge >= 0.3 is 5.97 Å². The van der Waals surface area contributed by atoms with Crippen molar-refractivity contribution < 1.29 is 27.9 Å². The van der Waals surface area contributed by atoms with E-state index in [9.17, 15) is 14.0 Å². The zero-order valence-corrected chi connectivity index (χ0v) is 14.3. The number of rotatable bonds is 6. The van der Waals surface area contributed by atoms with Gasteiger partial charge in [0.2, 0.25) is 0 Å². The predicted octanol–water partition coefficient (Wildman–Crippen LogP) is 5.24. The summed E-state index contributed by atoms with van der Waals surface area (Å²) in [4.78, 5) is 23.1. The van der Waals surface area contributed by atoms with Crippen LogP contribution in [0.3, 0.4) is 0 Å². The van der Waals surface area contributed by atoms with Crippen LogP contribution in [-0.4, -0.2) is 18.9 Å². The van der Waals surface area contributed by atoms with E-state index < -0.39 is 12.1 Å². The van der Waals surface area contributed by atoms with Gasteiger partial charge in [0.05, 0.1) is 17.6 Å². The molecule has 0 spiro atoms. The molecule has 3 aromatic rings. The van der Waals surface area contributed by atoms with Crippen molar-refractivity contribution in [3.8, 4) is 11.5 Å². The second-order valence-electron chi connectivity index (χ2n) is 5.66. The Kier molecular flexibility index (Phi) is 5.02. The molecule has 0 amide bonds. The molecule has 1 unspecified atom stereocenters. The summed E-state index contributed by atoms with van der Waals surface area (Å²) in [7, 11) is 0. The standard InChI is InChI=1S/C20H17FO5/c1-3-24-20(23)14-8-18(17-10-16(11-22)26-19(17)9-14)25-15-6-4-13(5-7-15)12(2)21/h4-12H,3H2,1-2H3. The summed E-state index contributed by atoms with van der Waals surface area (Å²) < 4.78 is 29.6. The molecule has 0 fully saturated rings. The Labute approximate surface area is 149 Å². The molecule has 0 saturated carbocycles. The van der Waals surface area contributed by atoms with Crippen molar-refractivity contribution in [2.24, 2.45) is 0 Å². The van der Waals surface area contributed by atoms with Crippen LogP contribution in [0, 0.1) is 0 Å². The number of benzene rings is 2. The number of aldehydes is 1. The van der Waals surface area contributed by atoms with Crippen LogP contribution in [0.1, 0.15) is 46.5 Å². The van der Waals surface area contributed by atoms with Gasteiger partial charge in [-0.25, -0.2) is 9.18 Å². The molecule has 0 saturated heterocycles. The summed E-state index contributed by atoms with van der Waals surface area (Å²) in [5, 5.41) is 0.545. The second kappa shape index (κ2) is 7.39. The van der Waals surface area contributed by atoms with Crippen molar-refractivity contribution in [1.82, 2.24) is 0 Å². The van der Waals surface area contributed by atoms with Gasteiger partial charge in [0.1, 0.15) is 23.3 Å². The van der Waals surface area contributed by atoms with Crippen LogP contribution in [0.25, 0.3) is 11.0 Å². The second-order valence-corrected chi connectivity index (χ2v) is 5.66. The van der Waals surface area contributed by atoms with Crippen molar-refractivity contribution in [2.45, 2.75) is 20.0 Å². The lowest BCUT2D eigenvalue weighted by Gasteiger charge is -2.10. The van der Waals surface area contributed by atoms with Crippen molar-refractivity contribution in [2.75, 3.05) is 6.61 Å². The molecular formula is C20H17FO5. The Morgan fingerprint density at radius 3 is 2.58 bits per heavy atom. The molecule has 6 heteroatoms.